The molecule has 0 radical (unpaired) electrons. The summed E-state index contributed by atoms with van der Waals surface area (Å²) in [6, 6.07) is 6.25. The maximum absolute atomic E-state index is 13.4. The normalized spacial score (nSPS) is 21.5. The van der Waals surface area contributed by atoms with E-state index in [-0.39, 0.29) is 29.3 Å². The maximum atomic E-state index is 13.4. The van der Waals surface area contributed by atoms with Crippen molar-refractivity contribution < 1.29 is 13.2 Å². The molecule has 1 aromatic carbocycles. The molecule has 2 aliphatic rings. The monoisotopic (exact) mass is 434 g/mol. The lowest BCUT2D eigenvalue weighted by Gasteiger charge is -2.39. The van der Waals surface area contributed by atoms with E-state index in [1.165, 1.54) is 12.1 Å². The summed E-state index contributed by atoms with van der Waals surface area (Å²) in [4.78, 5) is 15.3. The minimum Gasteiger partial charge on any atom is -0.341 e. The van der Waals surface area contributed by atoms with Crippen LogP contribution in [-0.4, -0.2) is 43.1 Å². The van der Waals surface area contributed by atoms with Gasteiger partial charge in [0.1, 0.15) is 0 Å². The fourth-order valence-corrected chi connectivity index (χ4v) is 6.56. The topological polar surface area (TPSA) is 80.5 Å². The smallest absolute Gasteiger partial charge is 0.244 e. The summed E-state index contributed by atoms with van der Waals surface area (Å²) < 4.78 is 25.5. The van der Waals surface area contributed by atoms with E-state index in [4.69, 9.17) is 17.3 Å². The van der Waals surface area contributed by atoms with Crippen LogP contribution in [0.4, 0.5) is 0 Å². The minimum absolute atomic E-state index is 0. The van der Waals surface area contributed by atoms with Crippen LogP contribution in [-0.2, 0) is 14.6 Å². The zero-order chi connectivity index (χ0) is 18.9. The van der Waals surface area contributed by atoms with Crippen molar-refractivity contribution in [1.82, 2.24) is 4.90 Å². The maximum Gasteiger partial charge on any atom is 0.244 e. The van der Waals surface area contributed by atoms with Crippen LogP contribution >= 0.6 is 24.0 Å². The Morgan fingerprint density at radius 3 is 2.19 bits per heavy atom. The number of hydrogen-bond donors (Lipinski definition) is 1. The third-order valence-corrected chi connectivity index (χ3v) is 8.77. The SMILES string of the molecule is CC(N)C1CCN(C(=O)C2(S(=O)(=O)c3ccc(Cl)cc3)CCCC2)CC1.Cl. The number of amides is 1. The first-order valence-electron chi connectivity index (χ1n) is 9.33. The first-order chi connectivity index (χ1) is 12.3. The van der Waals surface area contributed by atoms with Crippen molar-refractivity contribution in [1.29, 1.82) is 0 Å². The van der Waals surface area contributed by atoms with Crippen LogP contribution in [0.25, 0.3) is 0 Å². The van der Waals surface area contributed by atoms with Crippen molar-refractivity contribution in [2.24, 2.45) is 11.7 Å². The Morgan fingerprint density at radius 2 is 1.70 bits per heavy atom. The molecule has 1 atom stereocenters. The number of benzene rings is 1. The summed E-state index contributed by atoms with van der Waals surface area (Å²) >= 11 is 5.90. The van der Waals surface area contributed by atoms with Gasteiger partial charge in [-0.1, -0.05) is 24.4 Å². The van der Waals surface area contributed by atoms with Crippen molar-refractivity contribution in [2.75, 3.05) is 13.1 Å². The molecule has 1 saturated carbocycles. The number of hydrogen-bond acceptors (Lipinski definition) is 4. The predicted octanol–water partition coefficient (Wildman–Crippen LogP) is 3.43. The van der Waals surface area contributed by atoms with E-state index in [9.17, 15) is 13.2 Å². The lowest BCUT2D eigenvalue weighted by Crippen LogP contribution is -2.54. The second-order valence-electron chi connectivity index (χ2n) is 7.65. The molecule has 1 aromatic rings. The molecule has 1 amide bonds. The lowest BCUT2D eigenvalue weighted by molar-refractivity contribution is -0.135. The number of nitrogens with two attached hydrogens (primary N) is 1. The van der Waals surface area contributed by atoms with Crippen molar-refractivity contribution in [3.63, 3.8) is 0 Å². The molecule has 1 aliphatic heterocycles. The number of nitrogens with zero attached hydrogens (tertiary/aromatic N) is 1. The number of rotatable bonds is 4. The van der Waals surface area contributed by atoms with Crippen molar-refractivity contribution >= 4 is 39.8 Å². The second kappa shape index (κ2) is 8.68. The fourth-order valence-electron chi connectivity index (χ4n) is 4.30. The molecule has 2 fully saturated rings. The number of likely N-dealkylation sites (tertiary alicyclic amines) is 1. The third kappa shape index (κ3) is 4.14. The molecule has 1 heterocycles. The van der Waals surface area contributed by atoms with Crippen LogP contribution in [0, 0.1) is 5.92 Å². The number of carbonyl (C=O) groups is 1. The van der Waals surface area contributed by atoms with Crippen LogP contribution in [0.1, 0.15) is 45.4 Å². The number of sulfone groups is 1. The van der Waals surface area contributed by atoms with E-state index < -0.39 is 14.6 Å². The highest BCUT2D eigenvalue weighted by Gasteiger charge is 2.54. The zero-order valence-corrected chi connectivity index (χ0v) is 18.0. The van der Waals surface area contributed by atoms with Gasteiger partial charge in [-0.3, -0.25) is 4.79 Å². The van der Waals surface area contributed by atoms with Gasteiger partial charge >= 0.3 is 0 Å². The average molecular weight is 435 g/mol. The molecule has 152 valence electrons. The zero-order valence-electron chi connectivity index (χ0n) is 15.6. The van der Waals surface area contributed by atoms with Crippen LogP contribution in [0.2, 0.25) is 5.02 Å². The number of carbonyl (C=O) groups excluding carboxylic acids is 1. The van der Waals surface area contributed by atoms with E-state index in [1.54, 1.807) is 17.0 Å². The highest BCUT2D eigenvalue weighted by molar-refractivity contribution is 7.93. The summed E-state index contributed by atoms with van der Waals surface area (Å²) in [5.41, 5.74) is 5.98. The van der Waals surface area contributed by atoms with Crippen LogP contribution < -0.4 is 5.73 Å². The Bertz CT molecular complexity index is 752. The van der Waals surface area contributed by atoms with Crippen molar-refractivity contribution in [2.45, 2.75) is 61.1 Å². The van der Waals surface area contributed by atoms with Crippen molar-refractivity contribution in [3.05, 3.63) is 29.3 Å². The predicted molar refractivity (Wildman–Crippen MR) is 110 cm³/mol. The van der Waals surface area contributed by atoms with Crippen LogP contribution in [0.3, 0.4) is 0 Å². The third-order valence-electron chi connectivity index (χ3n) is 6.01. The second-order valence-corrected chi connectivity index (χ2v) is 10.3. The van der Waals surface area contributed by atoms with Crippen LogP contribution in [0.5, 0.6) is 0 Å². The van der Waals surface area contributed by atoms with Crippen molar-refractivity contribution in [3.8, 4) is 0 Å². The largest absolute Gasteiger partial charge is 0.341 e. The first kappa shape index (κ1) is 22.5. The van der Waals surface area contributed by atoms with E-state index in [2.05, 4.69) is 0 Å². The van der Waals surface area contributed by atoms with E-state index in [0.29, 0.717) is 36.9 Å². The Balaban J connectivity index is 0.00000261. The standard InChI is InChI=1S/C19H27ClN2O3S.ClH/c1-14(21)15-8-12-22(13-9-15)18(23)19(10-2-3-11-19)26(24,25)17-6-4-16(20)5-7-17;/h4-7,14-15H,2-3,8-13,21H2,1H3;1H. The fraction of sp³-hybridized carbons (Fsp3) is 0.632. The van der Waals surface area contributed by atoms with Gasteiger partial charge in [-0.15, -0.1) is 12.4 Å². The van der Waals surface area contributed by atoms with Gasteiger partial charge in [0.25, 0.3) is 0 Å². The molecule has 8 heteroatoms. The molecular weight excluding hydrogens is 407 g/mol. The first-order valence-corrected chi connectivity index (χ1v) is 11.2. The van der Waals surface area contributed by atoms with Gasteiger partial charge in [0, 0.05) is 24.2 Å². The molecule has 2 N–H and O–H groups in total. The van der Waals surface area contributed by atoms with Gasteiger partial charge in [0.05, 0.1) is 4.90 Å². The molecule has 0 spiro atoms. The highest BCUT2D eigenvalue weighted by atomic mass is 35.5. The molecule has 0 aromatic heterocycles. The summed E-state index contributed by atoms with van der Waals surface area (Å²) in [5.74, 6) is 0.166. The van der Waals surface area contributed by atoms with E-state index in [1.807, 2.05) is 6.92 Å². The van der Waals surface area contributed by atoms with Gasteiger partial charge in [-0.25, -0.2) is 8.42 Å². The van der Waals surface area contributed by atoms with E-state index >= 15 is 0 Å². The Kier molecular flexibility index (Phi) is 7.22. The molecule has 1 saturated heterocycles. The molecule has 5 nitrogen and oxygen atoms in total. The highest BCUT2D eigenvalue weighted by Crippen LogP contribution is 2.42. The summed E-state index contributed by atoms with van der Waals surface area (Å²) in [7, 11) is -3.77. The van der Waals surface area contributed by atoms with Gasteiger partial charge in [0.15, 0.2) is 14.6 Å². The average Bonchev–Trinajstić information content (AvgIpc) is 3.13. The van der Waals surface area contributed by atoms with Gasteiger partial charge in [-0.2, -0.15) is 0 Å². The number of halogens is 2. The molecular formula is C19H28Cl2N2O3S. The number of piperidine rings is 1. The van der Waals surface area contributed by atoms with E-state index in [0.717, 1.165) is 25.7 Å². The molecule has 0 bridgehead atoms. The summed E-state index contributed by atoms with van der Waals surface area (Å²) in [6.07, 6.45) is 3.97. The van der Waals surface area contributed by atoms with Gasteiger partial charge in [0.2, 0.25) is 5.91 Å². The lowest BCUT2D eigenvalue weighted by atomic mass is 9.90. The molecule has 1 unspecified atom stereocenters. The van der Waals surface area contributed by atoms with Crippen LogP contribution in [0.15, 0.2) is 29.2 Å². The van der Waals surface area contributed by atoms with Gasteiger partial charge < -0.3 is 10.6 Å². The summed E-state index contributed by atoms with van der Waals surface area (Å²) in [5, 5.41) is 0.480. The Labute approximate surface area is 173 Å². The Hall–Kier alpha value is -0.820. The quantitative estimate of drug-likeness (QED) is 0.786. The molecule has 1 aliphatic carbocycles. The molecule has 27 heavy (non-hydrogen) atoms. The Morgan fingerprint density at radius 1 is 1.19 bits per heavy atom. The minimum atomic E-state index is -3.77. The van der Waals surface area contributed by atoms with Gasteiger partial charge in [-0.05, 0) is 62.8 Å². The molecule has 3 rings (SSSR count). The summed E-state index contributed by atoms with van der Waals surface area (Å²) in [6.45, 7) is 3.16.